The maximum atomic E-state index is 13.6. The van der Waals surface area contributed by atoms with Crippen molar-refractivity contribution in [3.05, 3.63) is 94.9 Å². The van der Waals surface area contributed by atoms with Gasteiger partial charge in [0.1, 0.15) is 0 Å². The fraction of sp³-hybridized carbons (Fsp3) is 0.267. The second-order valence-electron chi connectivity index (χ2n) is 9.80. The van der Waals surface area contributed by atoms with Crippen molar-refractivity contribution in [1.82, 2.24) is 0 Å². The molecule has 1 atom stereocenters. The number of anilines is 2. The van der Waals surface area contributed by atoms with Crippen LogP contribution in [0.5, 0.6) is 0 Å². The van der Waals surface area contributed by atoms with Crippen molar-refractivity contribution in [2.75, 3.05) is 16.3 Å². The lowest BCUT2D eigenvalue weighted by Crippen LogP contribution is -2.48. The topological polar surface area (TPSA) is 35.9 Å². The summed E-state index contributed by atoms with van der Waals surface area (Å²) >= 11 is 1.43. The number of benzene rings is 3. The summed E-state index contributed by atoms with van der Waals surface area (Å²) in [6.45, 7) is 10.2. The summed E-state index contributed by atoms with van der Waals surface area (Å²) in [5, 5.41) is 0.670. The van der Waals surface area contributed by atoms with Crippen molar-refractivity contribution in [1.29, 1.82) is 0 Å². The first kappa shape index (κ1) is 23.4. The Labute approximate surface area is 212 Å². The zero-order valence-electron chi connectivity index (χ0n) is 20.7. The van der Waals surface area contributed by atoms with Crippen molar-refractivity contribution in [3.8, 4) is 0 Å². The molecule has 0 bridgehead atoms. The van der Waals surface area contributed by atoms with E-state index in [4.69, 9.17) is 4.99 Å². The number of rotatable bonds is 4. The molecule has 0 spiro atoms. The molecule has 2 aliphatic heterocycles. The minimum absolute atomic E-state index is 0.0435. The van der Waals surface area contributed by atoms with E-state index in [0.29, 0.717) is 16.0 Å². The predicted molar refractivity (Wildman–Crippen MR) is 150 cm³/mol. The molecule has 178 valence electrons. The molecule has 2 aliphatic rings. The van der Waals surface area contributed by atoms with Crippen LogP contribution < -0.4 is 9.80 Å². The van der Waals surface area contributed by atoms with Crippen LogP contribution >= 0.6 is 11.8 Å². The number of hydrogen-bond donors (Lipinski definition) is 0. The lowest BCUT2D eigenvalue weighted by molar-refractivity contribution is -0.113. The highest BCUT2D eigenvalue weighted by atomic mass is 32.2. The molecule has 0 aromatic heterocycles. The van der Waals surface area contributed by atoms with Crippen LogP contribution in [0, 0.1) is 0 Å². The summed E-state index contributed by atoms with van der Waals surface area (Å²) in [6.07, 6.45) is 3.12. The van der Waals surface area contributed by atoms with E-state index >= 15 is 0 Å². The van der Waals surface area contributed by atoms with E-state index in [1.807, 2.05) is 66.7 Å². The third-order valence-corrected chi connectivity index (χ3v) is 7.79. The Balaban J connectivity index is 1.53. The Morgan fingerprint density at radius 2 is 1.71 bits per heavy atom. The molecule has 3 aromatic carbocycles. The second-order valence-corrected chi connectivity index (χ2v) is 10.8. The number of aliphatic imine (C=N–C) groups is 1. The molecule has 5 rings (SSSR count). The number of nitrogens with zero attached hydrogens (tertiary/aromatic N) is 3. The van der Waals surface area contributed by atoms with Crippen LogP contribution in [-0.2, 0) is 4.79 Å². The summed E-state index contributed by atoms with van der Waals surface area (Å²) in [4.78, 5) is 23.3. The van der Waals surface area contributed by atoms with Crippen molar-refractivity contribution in [2.45, 2.75) is 45.6 Å². The van der Waals surface area contributed by atoms with Crippen molar-refractivity contribution < 1.29 is 4.79 Å². The van der Waals surface area contributed by atoms with Gasteiger partial charge in [-0.3, -0.25) is 9.69 Å². The van der Waals surface area contributed by atoms with Crippen LogP contribution in [0.25, 0.3) is 6.08 Å². The molecule has 0 N–H and O–H groups in total. The van der Waals surface area contributed by atoms with Gasteiger partial charge >= 0.3 is 0 Å². The Bertz CT molecular complexity index is 1300. The van der Waals surface area contributed by atoms with Crippen molar-refractivity contribution >= 4 is 46.0 Å². The van der Waals surface area contributed by atoms with Gasteiger partial charge in [0.25, 0.3) is 5.91 Å². The lowest BCUT2D eigenvalue weighted by atomic mass is 9.79. The summed E-state index contributed by atoms with van der Waals surface area (Å²) in [5.74, 6) is 0.419. The molecule has 2 heterocycles. The minimum atomic E-state index is -0.0435. The van der Waals surface area contributed by atoms with Gasteiger partial charge in [0.2, 0.25) is 0 Å². The van der Waals surface area contributed by atoms with E-state index in [2.05, 4.69) is 50.8 Å². The maximum Gasteiger partial charge on any atom is 0.271 e. The van der Waals surface area contributed by atoms with E-state index in [1.165, 1.54) is 23.0 Å². The number of hydrogen-bond acceptors (Lipinski definition) is 4. The summed E-state index contributed by atoms with van der Waals surface area (Å²) in [5.41, 5.74) is 5.50. The normalized spacial score (nSPS) is 21.6. The van der Waals surface area contributed by atoms with Gasteiger partial charge in [-0.05, 0) is 98.5 Å². The van der Waals surface area contributed by atoms with E-state index in [0.717, 1.165) is 29.9 Å². The fourth-order valence-electron chi connectivity index (χ4n) is 5.32. The van der Waals surface area contributed by atoms with Crippen LogP contribution in [0.3, 0.4) is 0 Å². The third kappa shape index (κ3) is 4.53. The quantitative estimate of drug-likeness (QED) is 0.360. The molecule has 0 radical (unpaired) electrons. The monoisotopic (exact) mass is 481 g/mol. The number of fused-ring (bicyclic) bond motifs is 1. The zero-order chi connectivity index (χ0) is 24.6. The molecule has 1 saturated heterocycles. The molecule has 0 saturated carbocycles. The van der Waals surface area contributed by atoms with Crippen LogP contribution in [0.2, 0.25) is 0 Å². The standard InChI is InChI=1S/C30H31N3OS/c1-5-32-26-17-16-22(18-25(26)21(2)20-30(32,3)4)19-27-28(34)33(24-14-10-7-11-15-24)29(35-27)31-23-12-8-6-9-13-23/h6-19,21H,5,20H2,1-4H3/b27-19-,31-29?/t21-/m0/s1. The smallest absolute Gasteiger partial charge is 0.271 e. The van der Waals surface area contributed by atoms with Crippen molar-refractivity contribution in [3.63, 3.8) is 0 Å². The van der Waals surface area contributed by atoms with E-state index < -0.39 is 0 Å². The van der Waals surface area contributed by atoms with Gasteiger partial charge in [0.05, 0.1) is 16.3 Å². The van der Waals surface area contributed by atoms with Gasteiger partial charge in [-0.25, -0.2) is 4.99 Å². The zero-order valence-corrected chi connectivity index (χ0v) is 21.5. The van der Waals surface area contributed by atoms with Crippen LogP contribution in [0.4, 0.5) is 17.1 Å². The Kier molecular flexibility index (Phi) is 6.28. The highest BCUT2D eigenvalue weighted by molar-refractivity contribution is 8.19. The molecule has 4 nitrogen and oxygen atoms in total. The molecular formula is C30H31N3OS. The number of carbonyl (C=O) groups is 1. The number of carbonyl (C=O) groups excluding carboxylic acids is 1. The van der Waals surface area contributed by atoms with Gasteiger partial charge in [0.15, 0.2) is 5.17 Å². The molecule has 35 heavy (non-hydrogen) atoms. The first-order valence-electron chi connectivity index (χ1n) is 12.2. The Morgan fingerprint density at radius 3 is 2.40 bits per heavy atom. The van der Waals surface area contributed by atoms with Crippen molar-refractivity contribution in [2.24, 2.45) is 4.99 Å². The van der Waals surface area contributed by atoms with Gasteiger partial charge in [-0.15, -0.1) is 0 Å². The average Bonchev–Trinajstić information content (AvgIpc) is 3.14. The van der Waals surface area contributed by atoms with Gasteiger partial charge in [0, 0.05) is 17.8 Å². The maximum absolute atomic E-state index is 13.6. The number of amidine groups is 1. The van der Waals surface area contributed by atoms with Gasteiger partial charge < -0.3 is 4.90 Å². The molecule has 5 heteroatoms. The highest BCUT2D eigenvalue weighted by Crippen LogP contribution is 2.44. The van der Waals surface area contributed by atoms with E-state index in [-0.39, 0.29) is 11.4 Å². The second kappa shape index (κ2) is 9.38. The third-order valence-electron chi connectivity index (χ3n) is 6.83. The molecule has 1 fully saturated rings. The lowest BCUT2D eigenvalue weighted by Gasteiger charge is -2.47. The van der Waals surface area contributed by atoms with Crippen LogP contribution in [0.15, 0.2) is 88.8 Å². The molecule has 1 amide bonds. The molecule has 3 aromatic rings. The summed E-state index contributed by atoms with van der Waals surface area (Å²) in [6, 6.07) is 26.2. The number of thioether (sulfide) groups is 1. The summed E-state index contributed by atoms with van der Waals surface area (Å²) < 4.78 is 0. The molecular weight excluding hydrogens is 450 g/mol. The Morgan fingerprint density at radius 1 is 1.03 bits per heavy atom. The van der Waals surface area contributed by atoms with Crippen LogP contribution in [-0.4, -0.2) is 23.2 Å². The number of para-hydroxylation sites is 2. The molecule has 0 unspecified atom stereocenters. The Hall–Kier alpha value is -3.31. The van der Waals surface area contributed by atoms with Gasteiger partial charge in [-0.2, -0.15) is 0 Å². The molecule has 0 aliphatic carbocycles. The average molecular weight is 482 g/mol. The first-order valence-corrected chi connectivity index (χ1v) is 13.0. The largest absolute Gasteiger partial charge is 0.366 e. The minimum Gasteiger partial charge on any atom is -0.366 e. The summed E-state index contributed by atoms with van der Waals surface area (Å²) in [7, 11) is 0. The number of amides is 1. The van der Waals surface area contributed by atoms with E-state index in [9.17, 15) is 4.79 Å². The first-order chi connectivity index (χ1) is 16.9. The van der Waals surface area contributed by atoms with Gasteiger partial charge in [-0.1, -0.05) is 49.4 Å². The fourth-order valence-corrected chi connectivity index (χ4v) is 6.32. The highest BCUT2D eigenvalue weighted by Gasteiger charge is 2.37. The van der Waals surface area contributed by atoms with E-state index in [1.54, 1.807) is 4.90 Å². The SMILES string of the molecule is CCN1c2ccc(/C=C3\SC(=Nc4ccccc4)N(c4ccccc4)C3=O)cc2[C@@H](C)CC1(C)C. The predicted octanol–water partition coefficient (Wildman–Crippen LogP) is 7.61. The van der Waals surface area contributed by atoms with Crippen LogP contribution in [0.1, 0.15) is 51.2 Å².